The molecule has 0 spiro atoms. The molecule has 0 aromatic heterocycles. The van der Waals surface area contributed by atoms with Gasteiger partial charge in [0.2, 0.25) is 0 Å². The number of hydrogen-bond donors (Lipinski definition) is 1. The standard InChI is InChI=1S/C10H21NO2.ClH/c1-10(2)7-11-9(13-8-10)5-4-6-12-3;/h9,11H,4-8H2,1-3H3;1H. The largest absolute Gasteiger partial charge is 0.385 e. The first-order chi connectivity index (χ1) is 6.14. The van der Waals surface area contributed by atoms with Gasteiger partial charge in [-0.1, -0.05) is 13.8 Å². The van der Waals surface area contributed by atoms with E-state index in [4.69, 9.17) is 9.47 Å². The van der Waals surface area contributed by atoms with Gasteiger partial charge in [-0.2, -0.15) is 0 Å². The van der Waals surface area contributed by atoms with Crippen LogP contribution in [0, 0.1) is 5.41 Å². The number of halogens is 1. The molecular formula is C10H22ClNO2. The third kappa shape index (κ3) is 5.15. The van der Waals surface area contributed by atoms with Crippen molar-refractivity contribution in [2.24, 2.45) is 5.41 Å². The molecule has 1 atom stereocenters. The fourth-order valence-corrected chi connectivity index (χ4v) is 1.42. The molecule has 1 aliphatic rings. The van der Waals surface area contributed by atoms with Crippen LogP contribution < -0.4 is 5.32 Å². The van der Waals surface area contributed by atoms with Crippen LogP contribution in [0.4, 0.5) is 0 Å². The molecular weight excluding hydrogens is 202 g/mol. The van der Waals surface area contributed by atoms with Crippen molar-refractivity contribution < 1.29 is 9.47 Å². The molecule has 1 heterocycles. The van der Waals surface area contributed by atoms with Crippen LogP contribution in [0.15, 0.2) is 0 Å². The van der Waals surface area contributed by atoms with Crippen LogP contribution in [-0.2, 0) is 9.47 Å². The van der Waals surface area contributed by atoms with Gasteiger partial charge in [-0.3, -0.25) is 5.32 Å². The highest BCUT2D eigenvalue weighted by Crippen LogP contribution is 2.20. The maximum absolute atomic E-state index is 5.67. The molecule has 1 fully saturated rings. The summed E-state index contributed by atoms with van der Waals surface area (Å²) < 4.78 is 10.7. The first kappa shape index (κ1) is 14.2. The molecule has 0 aromatic rings. The molecule has 0 radical (unpaired) electrons. The van der Waals surface area contributed by atoms with E-state index >= 15 is 0 Å². The molecule has 3 nitrogen and oxygen atoms in total. The predicted molar refractivity (Wildman–Crippen MR) is 59.9 cm³/mol. The van der Waals surface area contributed by atoms with Gasteiger partial charge in [0.05, 0.1) is 6.61 Å². The minimum Gasteiger partial charge on any atom is -0.385 e. The zero-order valence-corrected chi connectivity index (χ0v) is 10.2. The first-order valence-electron chi connectivity index (χ1n) is 4.98. The van der Waals surface area contributed by atoms with Crippen LogP contribution in [0.5, 0.6) is 0 Å². The Bertz CT molecular complexity index is 143. The van der Waals surface area contributed by atoms with Crippen LogP contribution in [0.25, 0.3) is 0 Å². The molecule has 1 unspecified atom stereocenters. The maximum atomic E-state index is 5.67. The van der Waals surface area contributed by atoms with E-state index in [0.717, 1.165) is 32.6 Å². The fraction of sp³-hybridized carbons (Fsp3) is 1.00. The van der Waals surface area contributed by atoms with E-state index in [2.05, 4.69) is 19.2 Å². The summed E-state index contributed by atoms with van der Waals surface area (Å²) in [5, 5.41) is 3.39. The molecule has 0 amide bonds. The summed E-state index contributed by atoms with van der Waals surface area (Å²) in [7, 11) is 1.73. The Morgan fingerprint density at radius 3 is 2.71 bits per heavy atom. The van der Waals surface area contributed by atoms with Crippen molar-refractivity contribution >= 4 is 12.4 Å². The lowest BCUT2D eigenvalue weighted by atomic mass is 9.93. The van der Waals surface area contributed by atoms with Gasteiger partial charge in [0.15, 0.2) is 0 Å². The Balaban J connectivity index is 0.00000169. The monoisotopic (exact) mass is 223 g/mol. The van der Waals surface area contributed by atoms with E-state index < -0.39 is 0 Å². The molecule has 1 saturated heterocycles. The van der Waals surface area contributed by atoms with Crippen LogP contribution >= 0.6 is 12.4 Å². The highest BCUT2D eigenvalue weighted by atomic mass is 35.5. The average molecular weight is 224 g/mol. The lowest BCUT2D eigenvalue weighted by molar-refractivity contribution is -0.0631. The van der Waals surface area contributed by atoms with E-state index in [1.165, 1.54) is 0 Å². The predicted octanol–water partition coefficient (Wildman–Crippen LogP) is 1.81. The van der Waals surface area contributed by atoms with Gasteiger partial charge in [-0.05, 0) is 12.8 Å². The van der Waals surface area contributed by atoms with Crippen LogP contribution in [0.2, 0.25) is 0 Å². The second-order valence-corrected chi connectivity index (χ2v) is 4.48. The first-order valence-corrected chi connectivity index (χ1v) is 4.98. The number of ether oxygens (including phenoxy) is 2. The summed E-state index contributed by atoms with van der Waals surface area (Å²) in [5.41, 5.74) is 0.289. The van der Waals surface area contributed by atoms with Crippen LogP contribution in [0.1, 0.15) is 26.7 Å². The molecule has 0 aliphatic carbocycles. The molecule has 1 N–H and O–H groups in total. The van der Waals surface area contributed by atoms with Crippen molar-refractivity contribution in [1.29, 1.82) is 0 Å². The van der Waals surface area contributed by atoms with Crippen molar-refractivity contribution in [3.63, 3.8) is 0 Å². The lowest BCUT2D eigenvalue weighted by Crippen LogP contribution is -2.47. The zero-order chi connectivity index (χ0) is 9.73. The van der Waals surface area contributed by atoms with E-state index in [1.807, 2.05) is 0 Å². The minimum absolute atomic E-state index is 0. The van der Waals surface area contributed by atoms with E-state index in [9.17, 15) is 0 Å². The highest BCUT2D eigenvalue weighted by molar-refractivity contribution is 5.85. The number of nitrogens with one attached hydrogen (secondary N) is 1. The molecule has 1 aliphatic heterocycles. The Labute approximate surface area is 92.9 Å². The lowest BCUT2D eigenvalue weighted by Gasteiger charge is -2.35. The molecule has 0 saturated carbocycles. The quantitative estimate of drug-likeness (QED) is 0.738. The minimum atomic E-state index is 0. The van der Waals surface area contributed by atoms with Crippen LogP contribution in [0.3, 0.4) is 0 Å². The van der Waals surface area contributed by atoms with Crippen molar-refractivity contribution in [2.45, 2.75) is 32.9 Å². The summed E-state index contributed by atoms with van der Waals surface area (Å²) in [4.78, 5) is 0. The SMILES string of the molecule is COCCCC1NCC(C)(C)CO1.Cl. The van der Waals surface area contributed by atoms with Crippen molar-refractivity contribution in [1.82, 2.24) is 5.32 Å². The highest BCUT2D eigenvalue weighted by Gasteiger charge is 2.26. The number of hydrogen-bond acceptors (Lipinski definition) is 3. The number of rotatable bonds is 4. The third-order valence-electron chi connectivity index (χ3n) is 2.30. The van der Waals surface area contributed by atoms with Gasteiger partial charge < -0.3 is 9.47 Å². The smallest absolute Gasteiger partial charge is 0.108 e. The Hall–Kier alpha value is 0.170. The van der Waals surface area contributed by atoms with Gasteiger partial charge in [-0.15, -0.1) is 12.4 Å². The molecule has 4 heteroatoms. The van der Waals surface area contributed by atoms with Gasteiger partial charge >= 0.3 is 0 Å². The van der Waals surface area contributed by atoms with E-state index in [1.54, 1.807) is 7.11 Å². The zero-order valence-electron chi connectivity index (χ0n) is 9.34. The van der Waals surface area contributed by atoms with Gasteiger partial charge in [0.1, 0.15) is 6.23 Å². The van der Waals surface area contributed by atoms with E-state index in [0.29, 0.717) is 0 Å². The van der Waals surface area contributed by atoms with Crippen molar-refractivity contribution in [3.05, 3.63) is 0 Å². The van der Waals surface area contributed by atoms with E-state index in [-0.39, 0.29) is 24.0 Å². The molecule has 0 bridgehead atoms. The third-order valence-corrected chi connectivity index (χ3v) is 2.30. The summed E-state index contributed by atoms with van der Waals surface area (Å²) in [6.45, 7) is 7.16. The Morgan fingerprint density at radius 2 is 2.21 bits per heavy atom. The molecule has 14 heavy (non-hydrogen) atoms. The molecule has 86 valence electrons. The number of methoxy groups -OCH3 is 1. The van der Waals surface area contributed by atoms with Gasteiger partial charge in [0.25, 0.3) is 0 Å². The van der Waals surface area contributed by atoms with Crippen molar-refractivity contribution in [3.8, 4) is 0 Å². The summed E-state index contributed by atoms with van der Waals surface area (Å²) in [6.07, 6.45) is 2.35. The summed E-state index contributed by atoms with van der Waals surface area (Å²) in [6, 6.07) is 0. The van der Waals surface area contributed by atoms with Crippen molar-refractivity contribution in [2.75, 3.05) is 26.9 Å². The topological polar surface area (TPSA) is 30.5 Å². The Morgan fingerprint density at radius 1 is 1.50 bits per heavy atom. The van der Waals surface area contributed by atoms with Crippen LogP contribution in [-0.4, -0.2) is 33.1 Å². The molecule has 0 aromatic carbocycles. The second kappa shape index (κ2) is 6.62. The average Bonchev–Trinajstić information content (AvgIpc) is 2.08. The van der Waals surface area contributed by atoms with Gasteiger partial charge in [0, 0.05) is 25.7 Å². The molecule has 1 rings (SSSR count). The normalized spacial score (nSPS) is 25.5. The fourth-order valence-electron chi connectivity index (χ4n) is 1.42. The second-order valence-electron chi connectivity index (χ2n) is 4.48. The summed E-state index contributed by atoms with van der Waals surface area (Å²) >= 11 is 0. The Kier molecular flexibility index (Phi) is 6.70. The summed E-state index contributed by atoms with van der Waals surface area (Å²) in [5.74, 6) is 0. The maximum Gasteiger partial charge on any atom is 0.108 e. The van der Waals surface area contributed by atoms with Gasteiger partial charge in [-0.25, -0.2) is 0 Å².